The van der Waals surface area contributed by atoms with E-state index in [2.05, 4.69) is 4.98 Å². The molecule has 3 heterocycles. The van der Waals surface area contributed by atoms with Gasteiger partial charge in [-0.3, -0.25) is 14.6 Å². The van der Waals surface area contributed by atoms with Gasteiger partial charge in [-0.15, -0.1) is 0 Å². The molecule has 0 spiro atoms. The minimum atomic E-state index is -0.487. The number of hydrogen-bond donors (Lipinski definition) is 0. The fourth-order valence-corrected chi connectivity index (χ4v) is 3.54. The number of pyridine rings is 1. The summed E-state index contributed by atoms with van der Waals surface area (Å²) in [6, 6.07) is 12.6. The summed E-state index contributed by atoms with van der Waals surface area (Å²) in [6.45, 7) is 2.28. The summed E-state index contributed by atoms with van der Waals surface area (Å²) in [4.78, 5) is 32.9. The Morgan fingerprint density at radius 1 is 1.24 bits per heavy atom. The maximum atomic E-state index is 13.3. The second-order valence-electron chi connectivity index (χ2n) is 6.38. The van der Waals surface area contributed by atoms with Gasteiger partial charge in [-0.1, -0.05) is 18.2 Å². The molecule has 0 radical (unpaired) electrons. The van der Waals surface area contributed by atoms with Crippen LogP contribution in [0.5, 0.6) is 5.75 Å². The second kappa shape index (κ2) is 6.20. The molecule has 1 aromatic carbocycles. The highest BCUT2D eigenvalue weighted by Crippen LogP contribution is 2.36. The molecular formula is C19H19N3O3. The summed E-state index contributed by atoms with van der Waals surface area (Å²) < 4.78 is 6.12. The van der Waals surface area contributed by atoms with Crippen LogP contribution in [0.25, 0.3) is 0 Å². The third kappa shape index (κ3) is 2.84. The number of anilines is 1. The number of aromatic nitrogens is 1. The van der Waals surface area contributed by atoms with Crippen molar-refractivity contribution < 1.29 is 14.3 Å². The zero-order chi connectivity index (χ0) is 17.4. The Hall–Kier alpha value is -2.89. The van der Waals surface area contributed by atoms with E-state index < -0.39 is 6.04 Å². The average Bonchev–Trinajstić information content (AvgIpc) is 3.05. The zero-order valence-corrected chi connectivity index (χ0v) is 14.0. The van der Waals surface area contributed by atoms with Crippen molar-refractivity contribution in [2.45, 2.75) is 32.0 Å². The lowest BCUT2D eigenvalue weighted by Gasteiger charge is -2.31. The Labute approximate surface area is 146 Å². The van der Waals surface area contributed by atoms with Gasteiger partial charge in [0.1, 0.15) is 17.9 Å². The van der Waals surface area contributed by atoms with Crippen LogP contribution >= 0.6 is 0 Å². The molecule has 0 saturated carbocycles. The SMILES string of the molecule is CC(=O)N1C[C@@H]2C[C@H]1C(=O)N(Cc1ccccn1)c1ccccc1O2. The number of benzene rings is 1. The lowest BCUT2D eigenvalue weighted by Crippen LogP contribution is -2.47. The molecule has 6 heteroatoms. The summed E-state index contributed by atoms with van der Waals surface area (Å²) in [5.74, 6) is 0.480. The van der Waals surface area contributed by atoms with Crippen molar-refractivity contribution >= 4 is 17.5 Å². The molecule has 2 amide bonds. The molecule has 4 rings (SSSR count). The van der Waals surface area contributed by atoms with Crippen molar-refractivity contribution in [1.82, 2.24) is 9.88 Å². The Balaban J connectivity index is 1.76. The molecule has 25 heavy (non-hydrogen) atoms. The molecular weight excluding hydrogens is 318 g/mol. The van der Waals surface area contributed by atoms with E-state index in [1.54, 1.807) is 16.0 Å². The number of hydrogen-bond acceptors (Lipinski definition) is 4. The number of nitrogens with zero attached hydrogens (tertiary/aromatic N) is 3. The largest absolute Gasteiger partial charge is 0.486 e. The predicted molar refractivity (Wildman–Crippen MR) is 92.1 cm³/mol. The van der Waals surface area contributed by atoms with Gasteiger partial charge in [0.05, 0.1) is 24.5 Å². The molecule has 6 nitrogen and oxygen atoms in total. The Morgan fingerprint density at radius 3 is 2.80 bits per heavy atom. The van der Waals surface area contributed by atoms with Gasteiger partial charge in [-0.2, -0.15) is 0 Å². The molecule has 2 aliphatic rings. The molecule has 0 aliphatic carbocycles. The van der Waals surface area contributed by atoms with E-state index in [1.807, 2.05) is 42.5 Å². The first-order valence-corrected chi connectivity index (χ1v) is 8.37. The number of ether oxygens (including phenoxy) is 1. The predicted octanol–water partition coefficient (Wildman–Crippen LogP) is 2.00. The average molecular weight is 337 g/mol. The number of amides is 2. The Morgan fingerprint density at radius 2 is 2.04 bits per heavy atom. The highest BCUT2D eigenvalue weighted by molar-refractivity contribution is 6.00. The highest BCUT2D eigenvalue weighted by atomic mass is 16.5. The number of carbonyl (C=O) groups is 2. The molecule has 0 N–H and O–H groups in total. The van der Waals surface area contributed by atoms with E-state index in [0.29, 0.717) is 25.3 Å². The van der Waals surface area contributed by atoms with Crippen LogP contribution in [0, 0.1) is 0 Å². The molecule has 1 saturated heterocycles. The van der Waals surface area contributed by atoms with Crippen LogP contribution < -0.4 is 9.64 Å². The van der Waals surface area contributed by atoms with Gasteiger partial charge in [0.25, 0.3) is 0 Å². The highest BCUT2D eigenvalue weighted by Gasteiger charge is 2.44. The van der Waals surface area contributed by atoms with Crippen molar-refractivity contribution in [3.8, 4) is 5.75 Å². The van der Waals surface area contributed by atoms with Crippen LogP contribution in [-0.4, -0.2) is 40.4 Å². The monoisotopic (exact) mass is 337 g/mol. The van der Waals surface area contributed by atoms with Crippen molar-refractivity contribution in [2.24, 2.45) is 0 Å². The van der Waals surface area contributed by atoms with Crippen LogP contribution in [0.3, 0.4) is 0 Å². The molecule has 1 aromatic heterocycles. The van der Waals surface area contributed by atoms with E-state index >= 15 is 0 Å². The van der Waals surface area contributed by atoms with Crippen molar-refractivity contribution in [2.75, 3.05) is 11.4 Å². The topological polar surface area (TPSA) is 62.7 Å². The minimum Gasteiger partial charge on any atom is -0.486 e. The molecule has 0 unspecified atom stereocenters. The third-order valence-corrected chi connectivity index (χ3v) is 4.71. The fourth-order valence-electron chi connectivity index (χ4n) is 3.54. The van der Waals surface area contributed by atoms with Crippen LogP contribution in [0.1, 0.15) is 19.0 Å². The summed E-state index contributed by atoms with van der Waals surface area (Å²) in [6.07, 6.45) is 2.07. The third-order valence-electron chi connectivity index (χ3n) is 4.71. The summed E-state index contributed by atoms with van der Waals surface area (Å²) in [7, 11) is 0. The number of rotatable bonds is 2. The maximum absolute atomic E-state index is 13.3. The van der Waals surface area contributed by atoms with E-state index in [-0.39, 0.29) is 17.9 Å². The van der Waals surface area contributed by atoms with Gasteiger partial charge in [0.15, 0.2) is 0 Å². The molecule has 2 atom stereocenters. The van der Waals surface area contributed by atoms with E-state index in [1.165, 1.54) is 6.92 Å². The van der Waals surface area contributed by atoms with Crippen LogP contribution in [0.4, 0.5) is 5.69 Å². The van der Waals surface area contributed by atoms with E-state index in [9.17, 15) is 9.59 Å². The van der Waals surface area contributed by atoms with Gasteiger partial charge in [0.2, 0.25) is 11.8 Å². The van der Waals surface area contributed by atoms with Gasteiger partial charge in [-0.05, 0) is 24.3 Å². The van der Waals surface area contributed by atoms with Crippen LogP contribution in [0.2, 0.25) is 0 Å². The molecule has 128 valence electrons. The standard InChI is InChI=1S/C19H19N3O3/c1-13(23)21-12-15-10-17(21)19(24)22(11-14-6-4-5-9-20-14)16-7-2-3-8-18(16)25-15/h2-9,15,17H,10-12H2,1H3/t15-,17-/m0/s1. The first-order chi connectivity index (χ1) is 12.1. The van der Waals surface area contributed by atoms with Gasteiger partial charge >= 0.3 is 0 Å². The van der Waals surface area contributed by atoms with Crippen molar-refractivity contribution in [3.05, 3.63) is 54.4 Å². The van der Waals surface area contributed by atoms with Crippen LogP contribution in [-0.2, 0) is 16.1 Å². The number of carbonyl (C=O) groups excluding carboxylic acids is 2. The lowest BCUT2D eigenvalue weighted by molar-refractivity contribution is -0.135. The van der Waals surface area contributed by atoms with E-state index in [4.69, 9.17) is 4.74 Å². The molecule has 1 fully saturated rings. The quantitative estimate of drug-likeness (QED) is 0.841. The lowest BCUT2D eigenvalue weighted by atomic mass is 10.1. The van der Waals surface area contributed by atoms with Gasteiger partial charge < -0.3 is 14.5 Å². The van der Waals surface area contributed by atoms with Crippen LogP contribution in [0.15, 0.2) is 48.7 Å². The van der Waals surface area contributed by atoms with Crippen molar-refractivity contribution in [3.63, 3.8) is 0 Å². The first-order valence-electron chi connectivity index (χ1n) is 8.37. The summed E-state index contributed by atoms with van der Waals surface area (Å²) in [5, 5.41) is 0. The molecule has 2 bridgehead atoms. The number of para-hydroxylation sites is 2. The Kier molecular flexibility index (Phi) is 3.87. The summed E-state index contributed by atoms with van der Waals surface area (Å²) in [5.41, 5.74) is 1.51. The van der Waals surface area contributed by atoms with Gasteiger partial charge in [-0.25, -0.2) is 0 Å². The number of likely N-dealkylation sites (tertiary alicyclic amines) is 1. The fraction of sp³-hybridized carbons (Fsp3) is 0.316. The van der Waals surface area contributed by atoms with Gasteiger partial charge in [0, 0.05) is 19.5 Å². The normalized spacial score (nSPS) is 22.0. The zero-order valence-electron chi connectivity index (χ0n) is 14.0. The number of fused-ring (bicyclic) bond motifs is 3. The molecule has 2 aliphatic heterocycles. The minimum absolute atomic E-state index is 0.0842. The maximum Gasteiger partial charge on any atom is 0.250 e. The molecule has 2 aromatic rings. The van der Waals surface area contributed by atoms with E-state index in [0.717, 1.165) is 11.4 Å². The first kappa shape index (κ1) is 15.6. The summed E-state index contributed by atoms with van der Waals surface area (Å²) >= 11 is 0. The van der Waals surface area contributed by atoms with Crippen molar-refractivity contribution in [1.29, 1.82) is 0 Å². The second-order valence-corrected chi connectivity index (χ2v) is 6.38. The smallest absolute Gasteiger partial charge is 0.250 e. The Bertz CT molecular complexity index is 809.